The van der Waals surface area contributed by atoms with Gasteiger partial charge in [0.05, 0.1) is 5.41 Å². The summed E-state index contributed by atoms with van der Waals surface area (Å²) < 4.78 is 14.0. The zero-order valence-electron chi connectivity index (χ0n) is 13.1. The first-order valence-electron chi connectivity index (χ1n) is 7.83. The van der Waals surface area contributed by atoms with Crippen molar-refractivity contribution in [1.29, 1.82) is 0 Å². The van der Waals surface area contributed by atoms with Crippen LogP contribution in [0.4, 0.5) is 4.39 Å². The van der Waals surface area contributed by atoms with Crippen LogP contribution in [0.25, 0.3) is 0 Å². The summed E-state index contributed by atoms with van der Waals surface area (Å²) in [6.45, 7) is 1.69. The van der Waals surface area contributed by atoms with Gasteiger partial charge in [-0.3, -0.25) is 10.0 Å². The number of hydrogen-bond donors (Lipinski definition) is 2. The molecule has 0 aromatic heterocycles. The Kier molecular flexibility index (Phi) is 4.18. The predicted molar refractivity (Wildman–Crippen MR) is 85.8 cm³/mol. The Morgan fingerprint density at radius 1 is 1.22 bits per heavy atom. The maximum absolute atomic E-state index is 14.0. The first-order chi connectivity index (χ1) is 11.1. The zero-order chi connectivity index (χ0) is 16.4. The van der Waals surface area contributed by atoms with E-state index >= 15 is 0 Å². The van der Waals surface area contributed by atoms with Crippen LogP contribution < -0.4 is 5.48 Å². The lowest BCUT2D eigenvalue weighted by Gasteiger charge is -2.29. The maximum atomic E-state index is 14.0. The number of carbonyl (C=O) groups excluding carboxylic acids is 1. The van der Waals surface area contributed by atoms with E-state index < -0.39 is 11.3 Å². The molecule has 2 aromatic carbocycles. The Morgan fingerprint density at radius 2 is 1.96 bits per heavy atom. The number of amides is 1. The number of hydroxylamine groups is 1. The molecule has 0 heterocycles. The minimum atomic E-state index is -0.887. The average molecular weight is 313 g/mol. The molecule has 1 aliphatic carbocycles. The van der Waals surface area contributed by atoms with Gasteiger partial charge in [-0.15, -0.1) is 0 Å². The number of halogens is 1. The highest BCUT2D eigenvalue weighted by Gasteiger charge is 2.47. The van der Waals surface area contributed by atoms with Gasteiger partial charge in [0.15, 0.2) is 0 Å². The molecule has 0 spiro atoms. The van der Waals surface area contributed by atoms with Gasteiger partial charge in [-0.05, 0) is 54.9 Å². The van der Waals surface area contributed by atoms with Crippen molar-refractivity contribution in [1.82, 2.24) is 5.48 Å². The fraction of sp³-hybridized carbons (Fsp3) is 0.316. The van der Waals surface area contributed by atoms with E-state index in [9.17, 15) is 14.4 Å². The molecule has 2 aromatic rings. The number of benzene rings is 2. The third kappa shape index (κ3) is 2.63. The van der Waals surface area contributed by atoms with E-state index in [0.717, 1.165) is 6.42 Å². The van der Waals surface area contributed by atoms with Crippen molar-refractivity contribution in [3.05, 3.63) is 71.0 Å². The summed E-state index contributed by atoms with van der Waals surface area (Å²) in [5, 5.41) is 9.25. The van der Waals surface area contributed by atoms with Crippen molar-refractivity contribution in [3.63, 3.8) is 0 Å². The van der Waals surface area contributed by atoms with Crippen LogP contribution in [0.1, 0.15) is 41.9 Å². The van der Waals surface area contributed by atoms with Crippen molar-refractivity contribution in [2.75, 3.05) is 0 Å². The lowest BCUT2D eigenvalue weighted by Crippen LogP contribution is -2.42. The van der Waals surface area contributed by atoms with Gasteiger partial charge in [-0.2, -0.15) is 0 Å². The van der Waals surface area contributed by atoms with Gasteiger partial charge in [0.2, 0.25) is 0 Å². The van der Waals surface area contributed by atoms with E-state index in [4.69, 9.17) is 0 Å². The fourth-order valence-electron chi connectivity index (χ4n) is 3.86. The molecule has 0 radical (unpaired) electrons. The van der Waals surface area contributed by atoms with Crippen molar-refractivity contribution < 1.29 is 14.4 Å². The number of nitrogens with one attached hydrogen (secondary N) is 1. The molecule has 2 N–H and O–H groups in total. The monoisotopic (exact) mass is 313 g/mol. The summed E-state index contributed by atoms with van der Waals surface area (Å²) in [7, 11) is 0. The highest BCUT2D eigenvalue weighted by molar-refractivity contribution is 5.88. The number of rotatable bonds is 3. The molecule has 23 heavy (non-hydrogen) atoms. The van der Waals surface area contributed by atoms with Gasteiger partial charge in [0.25, 0.3) is 5.91 Å². The van der Waals surface area contributed by atoms with Crippen LogP contribution >= 0.6 is 0 Å². The van der Waals surface area contributed by atoms with Crippen LogP contribution in [-0.4, -0.2) is 11.1 Å². The van der Waals surface area contributed by atoms with Crippen LogP contribution in [0.5, 0.6) is 0 Å². The van der Waals surface area contributed by atoms with Crippen LogP contribution in [0.15, 0.2) is 48.5 Å². The van der Waals surface area contributed by atoms with Crippen LogP contribution in [0.3, 0.4) is 0 Å². The molecule has 0 unspecified atom stereocenters. The molecule has 3 rings (SSSR count). The predicted octanol–water partition coefficient (Wildman–Crippen LogP) is 3.85. The third-order valence-corrected chi connectivity index (χ3v) is 5.10. The van der Waals surface area contributed by atoms with Gasteiger partial charge in [0.1, 0.15) is 5.82 Å². The van der Waals surface area contributed by atoms with E-state index in [2.05, 4.69) is 12.1 Å². The molecular formula is C19H20FNO2. The van der Waals surface area contributed by atoms with E-state index in [1.165, 1.54) is 11.6 Å². The molecule has 0 bridgehead atoms. The number of hydrogen-bond acceptors (Lipinski definition) is 2. The Labute approximate surface area is 135 Å². The molecule has 1 saturated carbocycles. The summed E-state index contributed by atoms with van der Waals surface area (Å²) in [4.78, 5) is 12.5. The lowest BCUT2D eigenvalue weighted by atomic mass is 9.75. The fourth-order valence-corrected chi connectivity index (χ4v) is 3.86. The normalized spacial score (nSPS) is 23.7. The SMILES string of the molecule is Cc1c(F)cccc1[C@@]1(C(=O)NO)CC[C@H](c2ccccc2)C1. The molecule has 0 aliphatic heterocycles. The van der Waals surface area contributed by atoms with Crippen LogP contribution in [0, 0.1) is 12.7 Å². The first-order valence-corrected chi connectivity index (χ1v) is 7.83. The summed E-state index contributed by atoms with van der Waals surface area (Å²) >= 11 is 0. The first kappa shape index (κ1) is 15.7. The van der Waals surface area contributed by atoms with Gasteiger partial charge >= 0.3 is 0 Å². The summed E-state index contributed by atoms with van der Waals surface area (Å²) in [6.07, 6.45) is 1.98. The zero-order valence-corrected chi connectivity index (χ0v) is 13.1. The lowest BCUT2D eigenvalue weighted by molar-refractivity contribution is -0.135. The van der Waals surface area contributed by atoms with Gasteiger partial charge in [-0.25, -0.2) is 9.87 Å². The van der Waals surface area contributed by atoms with Crippen molar-refractivity contribution >= 4 is 5.91 Å². The molecule has 0 saturated heterocycles. The van der Waals surface area contributed by atoms with Crippen molar-refractivity contribution in [2.45, 2.75) is 37.5 Å². The second-order valence-corrected chi connectivity index (χ2v) is 6.29. The van der Waals surface area contributed by atoms with Crippen molar-refractivity contribution in [3.8, 4) is 0 Å². The Hall–Kier alpha value is -2.20. The highest BCUT2D eigenvalue weighted by atomic mass is 19.1. The molecule has 3 nitrogen and oxygen atoms in total. The Balaban J connectivity index is 2.03. The minimum Gasteiger partial charge on any atom is -0.289 e. The molecular weight excluding hydrogens is 293 g/mol. The molecule has 4 heteroatoms. The Morgan fingerprint density at radius 3 is 2.65 bits per heavy atom. The van der Waals surface area contributed by atoms with Gasteiger partial charge in [-0.1, -0.05) is 42.5 Å². The number of carbonyl (C=O) groups is 1. The quantitative estimate of drug-likeness (QED) is 0.668. The van der Waals surface area contributed by atoms with Crippen LogP contribution in [-0.2, 0) is 10.2 Å². The average Bonchev–Trinajstić information content (AvgIpc) is 3.04. The summed E-state index contributed by atoms with van der Waals surface area (Å²) in [5.41, 5.74) is 3.24. The summed E-state index contributed by atoms with van der Waals surface area (Å²) in [5.74, 6) is -0.559. The summed E-state index contributed by atoms with van der Waals surface area (Å²) in [6, 6.07) is 14.8. The molecule has 1 amide bonds. The smallest absolute Gasteiger partial charge is 0.254 e. The van der Waals surface area contributed by atoms with Crippen molar-refractivity contribution in [2.24, 2.45) is 0 Å². The van der Waals surface area contributed by atoms with E-state index in [0.29, 0.717) is 24.0 Å². The largest absolute Gasteiger partial charge is 0.289 e. The van der Waals surface area contributed by atoms with Crippen LogP contribution in [0.2, 0.25) is 0 Å². The standard InChI is InChI=1S/C19H20FNO2/c1-13-16(8-5-9-17(13)20)19(18(22)21-23)11-10-15(12-19)14-6-3-2-4-7-14/h2-9,15,23H,10-12H2,1H3,(H,21,22)/t15-,19+/m0/s1. The second-order valence-electron chi connectivity index (χ2n) is 6.29. The van der Waals surface area contributed by atoms with E-state index in [1.807, 2.05) is 18.2 Å². The molecule has 1 fully saturated rings. The van der Waals surface area contributed by atoms with E-state index in [-0.39, 0.29) is 11.7 Å². The molecule has 2 atom stereocenters. The molecule has 120 valence electrons. The maximum Gasteiger partial charge on any atom is 0.254 e. The minimum absolute atomic E-state index is 0.219. The second kappa shape index (κ2) is 6.13. The van der Waals surface area contributed by atoms with E-state index in [1.54, 1.807) is 24.5 Å². The third-order valence-electron chi connectivity index (χ3n) is 5.10. The van der Waals surface area contributed by atoms with Gasteiger partial charge < -0.3 is 0 Å². The van der Waals surface area contributed by atoms with Gasteiger partial charge in [0, 0.05) is 0 Å². The molecule has 1 aliphatic rings. The highest BCUT2D eigenvalue weighted by Crippen LogP contribution is 2.49. The topological polar surface area (TPSA) is 49.3 Å². The Bertz CT molecular complexity index is 717.